The average molecular weight is 417 g/mol. The van der Waals surface area contributed by atoms with E-state index in [0.717, 1.165) is 11.1 Å². The van der Waals surface area contributed by atoms with Crippen molar-refractivity contribution >= 4 is 23.4 Å². The molecular formula is C23H29ClN2O3. The molecule has 2 amide bonds. The molecule has 2 aromatic carbocycles. The molecule has 5 nitrogen and oxygen atoms in total. The molecule has 0 spiro atoms. The summed E-state index contributed by atoms with van der Waals surface area (Å²) in [6.45, 7) is 7.90. The van der Waals surface area contributed by atoms with Gasteiger partial charge in [0.1, 0.15) is 11.8 Å². The van der Waals surface area contributed by atoms with Gasteiger partial charge in [0, 0.05) is 17.6 Å². The maximum atomic E-state index is 13.1. The first-order chi connectivity index (χ1) is 13.8. The minimum Gasteiger partial charge on any atom is -0.484 e. The maximum Gasteiger partial charge on any atom is 0.261 e. The zero-order valence-electron chi connectivity index (χ0n) is 17.4. The van der Waals surface area contributed by atoms with Crippen molar-refractivity contribution in [3.8, 4) is 5.75 Å². The summed E-state index contributed by atoms with van der Waals surface area (Å²) in [4.78, 5) is 27.4. The van der Waals surface area contributed by atoms with Crippen molar-refractivity contribution in [1.29, 1.82) is 0 Å². The van der Waals surface area contributed by atoms with Crippen LogP contribution in [0.1, 0.15) is 38.3 Å². The normalized spacial score (nSPS) is 11.8. The van der Waals surface area contributed by atoms with E-state index in [9.17, 15) is 9.59 Å². The molecule has 2 rings (SSSR count). The fourth-order valence-corrected chi connectivity index (χ4v) is 3.16. The highest BCUT2D eigenvalue weighted by molar-refractivity contribution is 6.30. The third-order valence-electron chi connectivity index (χ3n) is 4.59. The molecule has 0 aliphatic carbocycles. The number of amides is 2. The smallest absolute Gasteiger partial charge is 0.261 e. The zero-order valence-corrected chi connectivity index (χ0v) is 18.2. The molecule has 0 aliphatic heterocycles. The lowest BCUT2D eigenvalue weighted by Crippen LogP contribution is -2.51. The lowest BCUT2D eigenvalue weighted by Gasteiger charge is -2.31. The highest BCUT2D eigenvalue weighted by atomic mass is 35.5. The highest BCUT2D eigenvalue weighted by Gasteiger charge is 2.29. The van der Waals surface area contributed by atoms with E-state index in [1.807, 2.05) is 52.0 Å². The van der Waals surface area contributed by atoms with Gasteiger partial charge >= 0.3 is 0 Å². The fourth-order valence-electron chi connectivity index (χ4n) is 3.03. The van der Waals surface area contributed by atoms with Crippen molar-refractivity contribution in [3.63, 3.8) is 0 Å². The number of carbonyl (C=O) groups excluding carboxylic acids is 2. The number of rotatable bonds is 9. The molecule has 1 N–H and O–H groups in total. The fraction of sp³-hybridized carbons (Fsp3) is 0.391. The van der Waals surface area contributed by atoms with Gasteiger partial charge in [0.25, 0.3) is 5.91 Å². The Kier molecular flexibility index (Phi) is 8.52. The van der Waals surface area contributed by atoms with Crippen LogP contribution in [0.5, 0.6) is 5.75 Å². The Bertz CT molecular complexity index is 821. The molecule has 2 aromatic rings. The summed E-state index contributed by atoms with van der Waals surface area (Å²) >= 11 is 5.89. The number of aryl methyl sites for hydroxylation is 1. The first kappa shape index (κ1) is 22.8. The van der Waals surface area contributed by atoms with Crippen LogP contribution in [-0.4, -0.2) is 35.4 Å². The van der Waals surface area contributed by atoms with Crippen LogP contribution in [0, 0.1) is 6.92 Å². The third-order valence-corrected chi connectivity index (χ3v) is 4.85. The van der Waals surface area contributed by atoms with Crippen LogP contribution in [0.3, 0.4) is 0 Å². The van der Waals surface area contributed by atoms with Crippen LogP contribution in [-0.2, 0) is 16.1 Å². The van der Waals surface area contributed by atoms with Gasteiger partial charge in [-0.25, -0.2) is 0 Å². The van der Waals surface area contributed by atoms with Gasteiger partial charge in [-0.3, -0.25) is 9.59 Å². The van der Waals surface area contributed by atoms with Crippen LogP contribution < -0.4 is 10.1 Å². The SMILES string of the molecule is CC[C@@H](C(=O)NC(C)C)N(Cc1ccccc1C)C(=O)COc1ccc(Cl)cc1. The second-order valence-corrected chi connectivity index (χ2v) is 7.71. The summed E-state index contributed by atoms with van der Waals surface area (Å²) in [6, 6.07) is 14.1. The summed E-state index contributed by atoms with van der Waals surface area (Å²) < 4.78 is 5.65. The summed E-state index contributed by atoms with van der Waals surface area (Å²) in [5.41, 5.74) is 2.08. The molecular weight excluding hydrogens is 388 g/mol. The summed E-state index contributed by atoms with van der Waals surface area (Å²) in [5.74, 6) is 0.156. The molecule has 0 unspecified atom stereocenters. The summed E-state index contributed by atoms with van der Waals surface area (Å²) in [6.07, 6.45) is 0.511. The summed E-state index contributed by atoms with van der Waals surface area (Å²) in [7, 11) is 0. The van der Waals surface area contributed by atoms with Crippen LogP contribution in [0.4, 0.5) is 0 Å². The van der Waals surface area contributed by atoms with Crippen LogP contribution >= 0.6 is 11.6 Å². The average Bonchev–Trinajstić information content (AvgIpc) is 2.68. The Balaban J connectivity index is 2.21. The van der Waals surface area contributed by atoms with E-state index in [0.29, 0.717) is 23.7 Å². The molecule has 0 saturated heterocycles. The van der Waals surface area contributed by atoms with Gasteiger partial charge in [0.2, 0.25) is 5.91 Å². The number of ether oxygens (including phenoxy) is 1. The molecule has 0 radical (unpaired) electrons. The second-order valence-electron chi connectivity index (χ2n) is 7.28. The minimum atomic E-state index is -0.571. The van der Waals surface area contributed by atoms with Gasteiger partial charge in [0.15, 0.2) is 6.61 Å². The highest BCUT2D eigenvalue weighted by Crippen LogP contribution is 2.18. The monoisotopic (exact) mass is 416 g/mol. The van der Waals surface area contributed by atoms with E-state index in [1.54, 1.807) is 29.2 Å². The molecule has 0 fully saturated rings. The van der Waals surface area contributed by atoms with Crippen LogP contribution in [0.25, 0.3) is 0 Å². The number of carbonyl (C=O) groups is 2. The Hall–Kier alpha value is -2.53. The molecule has 0 saturated carbocycles. The van der Waals surface area contributed by atoms with E-state index in [4.69, 9.17) is 16.3 Å². The van der Waals surface area contributed by atoms with Crippen molar-refractivity contribution < 1.29 is 14.3 Å². The van der Waals surface area contributed by atoms with E-state index < -0.39 is 6.04 Å². The van der Waals surface area contributed by atoms with Gasteiger partial charge in [-0.1, -0.05) is 42.8 Å². The number of halogens is 1. The van der Waals surface area contributed by atoms with Crippen molar-refractivity contribution in [3.05, 3.63) is 64.7 Å². The number of benzene rings is 2. The van der Waals surface area contributed by atoms with E-state index in [2.05, 4.69) is 5.32 Å². The zero-order chi connectivity index (χ0) is 21.4. The van der Waals surface area contributed by atoms with Gasteiger partial charge < -0.3 is 15.0 Å². The lowest BCUT2D eigenvalue weighted by molar-refractivity contribution is -0.143. The molecule has 156 valence electrons. The van der Waals surface area contributed by atoms with Gasteiger partial charge in [-0.2, -0.15) is 0 Å². The van der Waals surface area contributed by atoms with Crippen molar-refractivity contribution in [2.45, 2.75) is 52.7 Å². The quantitative estimate of drug-likeness (QED) is 0.660. The van der Waals surface area contributed by atoms with Gasteiger partial charge in [0.05, 0.1) is 0 Å². The van der Waals surface area contributed by atoms with E-state index in [1.165, 1.54) is 0 Å². The van der Waals surface area contributed by atoms with Crippen LogP contribution in [0.2, 0.25) is 5.02 Å². The van der Waals surface area contributed by atoms with Crippen molar-refractivity contribution in [1.82, 2.24) is 10.2 Å². The molecule has 0 aromatic heterocycles. The Morgan fingerprint density at radius 2 is 1.76 bits per heavy atom. The molecule has 1 atom stereocenters. The Morgan fingerprint density at radius 3 is 2.34 bits per heavy atom. The molecule has 0 bridgehead atoms. The number of nitrogens with zero attached hydrogens (tertiary/aromatic N) is 1. The number of nitrogens with one attached hydrogen (secondary N) is 1. The lowest BCUT2D eigenvalue weighted by atomic mass is 10.1. The topological polar surface area (TPSA) is 58.6 Å². The minimum absolute atomic E-state index is 0.00252. The van der Waals surface area contributed by atoms with Crippen molar-refractivity contribution in [2.24, 2.45) is 0 Å². The molecule has 29 heavy (non-hydrogen) atoms. The second kappa shape index (κ2) is 10.9. The Morgan fingerprint density at radius 1 is 1.10 bits per heavy atom. The van der Waals surface area contributed by atoms with Gasteiger partial charge in [-0.05, 0) is 62.6 Å². The van der Waals surface area contributed by atoms with Gasteiger partial charge in [-0.15, -0.1) is 0 Å². The molecule has 6 heteroatoms. The predicted molar refractivity (Wildman–Crippen MR) is 116 cm³/mol. The summed E-state index contributed by atoms with van der Waals surface area (Å²) in [5, 5.41) is 3.52. The third kappa shape index (κ3) is 6.79. The largest absolute Gasteiger partial charge is 0.484 e. The Labute approximate surface area is 178 Å². The van der Waals surface area contributed by atoms with E-state index in [-0.39, 0.29) is 24.5 Å². The first-order valence-electron chi connectivity index (χ1n) is 9.84. The molecule has 0 aliphatic rings. The number of hydrogen-bond acceptors (Lipinski definition) is 3. The standard InChI is InChI=1S/C23H29ClN2O3/c1-5-21(23(28)25-16(2)3)26(14-18-9-7-6-8-17(18)4)22(27)15-29-20-12-10-19(24)11-13-20/h6-13,16,21H,5,14-15H2,1-4H3,(H,25,28)/t21-/m0/s1. The molecule has 0 heterocycles. The maximum absolute atomic E-state index is 13.1. The van der Waals surface area contributed by atoms with E-state index >= 15 is 0 Å². The van der Waals surface area contributed by atoms with Crippen LogP contribution in [0.15, 0.2) is 48.5 Å². The number of hydrogen-bond donors (Lipinski definition) is 1. The van der Waals surface area contributed by atoms with Crippen molar-refractivity contribution in [2.75, 3.05) is 6.61 Å². The predicted octanol–water partition coefficient (Wildman–Crippen LogP) is 4.36. The first-order valence-corrected chi connectivity index (χ1v) is 10.2.